The van der Waals surface area contributed by atoms with E-state index in [-0.39, 0.29) is 11.8 Å². The van der Waals surface area contributed by atoms with Gasteiger partial charge >= 0.3 is 0 Å². The number of hydrogen-bond donors (Lipinski definition) is 2. The largest absolute Gasteiger partial charge is 0.466 e. The van der Waals surface area contributed by atoms with Crippen LogP contribution in [0.3, 0.4) is 0 Å². The molecule has 1 aromatic carbocycles. The molecule has 3 aromatic rings. The Hall–Kier alpha value is -3.28. The second-order valence-electron chi connectivity index (χ2n) is 9.92. The van der Waals surface area contributed by atoms with Gasteiger partial charge in [0.15, 0.2) is 0 Å². The van der Waals surface area contributed by atoms with Gasteiger partial charge in [-0.3, -0.25) is 9.59 Å². The monoisotopic (exact) mass is 460 g/mol. The lowest BCUT2D eigenvalue weighted by atomic mass is 10.2. The molecule has 5 rings (SSSR count). The summed E-state index contributed by atoms with van der Waals surface area (Å²) in [7, 11) is 0. The van der Waals surface area contributed by atoms with Crippen LogP contribution in [0.15, 0.2) is 57.4 Å². The van der Waals surface area contributed by atoms with Crippen LogP contribution in [-0.2, 0) is 22.4 Å². The number of rotatable bonds is 10. The van der Waals surface area contributed by atoms with Gasteiger partial charge in [-0.05, 0) is 73.2 Å². The molecule has 0 spiro atoms. The molecule has 0 radical (unpaired) electrons. The van der Waals surface area contributed by atoms with E-state index in [1.165, 1.54) is 12.8 Å². The van der Waals surface area contributed by atoms with Crippen LogP contribution in [0.2, 0.25) is 0 Å². The Morgan fingerprint density at radius 2 is 1.09 bits per heavy atom. The maximum Gasteiger partial charge on any atom is 0.224 e. The van der Waals surface area contributed by atoms with Crippen LogP contribution in [-0.4, -0.2) is 11.8 Å². The highest BCUT2D eigenvalue weighted by Crippen LogP contribution is 2.48. The SMILES string of the molecule is C[C@@H]1C[C@H]1c1ccc(CCC(=O)Nc2ccc(NC(=O)CCc3ccc([C@@H]4C[C@@H]4C)o3)cc2)o1. The fraction of sp³-hybridized carbons (Fsp3) is 0.429. The first-order valence-electron chi connectivity index (χ1n) is 12.3. The van der Waals surface area contributed by atoms with Gasteiger partial charge in [-0.15, -0.1) is 0 Å². The van der Waals surface area contributed by atoms with Crippen molar-refractivity contribution in [2.24, 2.45) is 11.8 Å². The maximum absolute atomic E-state index is 12.3. The molecule has 0 saturated heterocycles. The van der Waals surface area contributed by atoms with E-state index < -0.39 is 0 Å². The van der Waals surface area contributed by atoms with Crippen LogP contribution in [0, 0.1) is 11.8 Å². The van der Waals surface area contributed by atoms with Crippen LogP contribution in [0.1, 0.15) is 74.4 Å². The number of aryl methyl sites for hydroxylation is 2. The van der Waals surface area contributed by atoms with Crippen molar-refractivity contribution in [2.45, 2.75) is 64.2 Å². The topological polar surface area (TPSA) is 84.5 Å². The van der Waals surface area contributed by atoms with Crippen LogP contribution < -0.4 is 10.6 Å². The summed E-state index contributed by atoms with van der Waals surface area (Å²) in [5, 5.41) is 5.80. The Labute approximate surface area is 200 Å². The number of amides is 2. The van der Waals surface area contributed by atoms with Gasteiger partial charge in [0.1, 0.15) is 23.0 Å². The summed E-state index contributed by atoms with van der Waals surface area (Å²) in [4.78, 5) is 24.6. The minimum atomic E-state index is -0.0621. The number of furan rings is 2. The first kappa shape index (κ1) is 22.5. The fourth-order valence-electron chi connectivity index (χ4n) is 4.45. The molecule has 34 heavy (non-hydrogen) atoms. The summed E-state index contributed by atoms with van der Waals surface area (Å²) in [6.07, 6.45) is 4.26. The van der Waals surface area contributed by atoms with Gasteiger partial charge in [0.25, 0.3) is 0 Å². The number of nitrogens with one attached hydrogen (secondary N) is 2. The zero-order valence-electron chi connectivity index (χ0n) is 19.8. The third-order valence-corrected chi connectivity index (χ3v) is 6.96. The highest BCUT2D eigenvalue weighted by atomic mass is 16.3. The molecule has 2 amide bonds. The van der Waals surface area contributed by atoms with Crippen molar-refractivity contribution in [3.05, 3.63) is 71.6 Å². The average molecular weight is 461 g/mol. The molecule has 178 valence electrons. The van der Waals surface area contributed by atoms with E-state index >= 15 is 0 Å². The first-order valence-corrected chi connectivity index (χ1v) is 12.3. The Morgan fingerprint density at radius 1 is 0.706 bits per heavy atom. The fourth-order valence-corrected chi connectivity index (χ4v) is 4.45. The molecule has 4 atom stereocenters. The highest BCUT2D eigenvalue weighted by Gasteiger charge is 2.37. The van der Waals surface area contributed by atoms with Gasteiger partial charge in [0.05, 0.1) is 0 Å². The molecule has 2 fully saturated rings. The van der Waals surface area contributed by atoms with Crippen molar-refractivity contribution in [3.8, 4) is 0 Å². The van der Waals surface area contributed by atoms with Crippen molar-refractivity contribution in [1.29, 1.82) is 0 Å². The summed E-state index contributed by atoms with van der Waals surface area (Å²) < 4.78 is 11.7. The normalized spacial score (nSPS) is 22.9. The van der Waals surface area contributed by atoms with Gasteiger partial charge in [0, 0.05) is 48.9 Å². The van der Waals surface area contributed by atoms with Crippen molar-refractivity contribution < 1.29 is 18.4 Å². The average Bonchev–Trinajstić information content (AvgIpc) is 3.58. The van der Waals surface area contributed by atoms with Gasteiger partial charge in [0.2, 0.25) is 11.8 Å². The summed E-state index contributed by atoms with van der Waals surface area (Å²) in [6.45, 7) is 4.45. The van der Waals surface area contributed by atoms with E-state index in [0.717, 1.165) is 23.0 Å². The first-order chi connectivity index (χ1) is 16.4. The molecule has 2 aromatic heterocycles. The molecule has 2 saturated carbocycles. The summed E-state index contributed by atoms with van der Waals surface area (Å²) in [5.41, 5.74) is 1.40. The van der Waals surface area contributed by atoms with Crippen molar-refractivity contribution in [1.82, 2.24) is 0 Å². The van der Waals surface area contributed by atoms with E-state index in [0.29, 0.717) is 60.7 Å². The molecule has 2 aliphatic rings. The predicted octanol–water partition coefficient (Wildman–Crippen LogP) is 6.26. The van der Waals surface area contributed by atoms with Gasteiger partial charge in [-0.1, -0.05) is 13.8 Å². The Kier molecular flexibility index (Phi) is 6.31. The molecule has 6 nitrogen and oxygen atoms in total. The van der Waals surface area contributed by atoms with Crippen LogP contribution >= 0.6 is 0 Å². The molecular formula is C28H32N2O4. The summed E-state index contributed by atoms with van der Waals surface area (Å²) >= 11 is 0. The molecule has 6 heteroatoms. The lowest BCUT2D eigenvalue weighted by Gasteiger charge is -2.08. The van der Waals surface area contributed by atoms with Gasteiger partial charge in [-0.25, -0.2) is 0 Å². The minimum absolute atomic E-state index is 0.0621. The lowest BCUT2D eigenvalue weighted by Crippen LogP contribution is -2.13. The smallest absolute Gasteiger partial charge is 0.224 e. The van der Waals surface area contributed by atoms with Crippen LogP contribution in [0.25, 0.3) is 0 Å². The predicted molar refractivity (Wildman–Crippen MR) is 131 cm³/mol. The Bertz CT molecular complexity index is 1070. The van der Waals surface area contributed by atoms with Gasteiger partial charge < -0.3 is 19.5 Å². The number of anilines is 2. The molecule has 0 aliphatic heterocycles. The summed E-state index contributed by atoms with van der Waals surface area (Å²) in [5.74, 6) is 6.19. The zero-order valence-corrected chi connectivity index (χ0v) is 19.8. The minimum Gasteiger partial charge on any atom is -0.466 e. The third kappa shape index (κ3) is 5.61. The van der Waals surface area contributed by atoms with Crippen LogP contribution in [0.4, 0.5) is 11.4 Å². The zero-order chi connectivity index (χ0) is 23.7. The number of hydrogen-bond acceptors (Lipinski definition) is 4. The molecule has 2 heterocycles. The maximum atomic E-state index is 12.3. The molecule has 2 aliphatic carbocycles. The van der Waals surface area contributed by atoms with E-state index in [4.69, 9.17) is 8.83 Å². The number of carbonyl (C=O) groups excluding carboxylic acids is 2. The standard InChI is InChI=1S/C28H32N2O4/c1-17-15-23(17)25-11-7-21(33-25)9-13-27(31)29-19-3-5-20(6-4-19)30-28(32)14-10-22-8-12-26(34-22)24-16-18(24)2/h3-8,11-12,17-18,23-24H,9-10,13-16H2,1-2H3,(H,29,31)(H,30,32)/t17-,18+,23-,24-/m1/s1. The van der Waals surface area contributed by atoms with Crippen molar-refractivity contribution >= 4 is 23.2 Å². The van der Waals surface area contributed by atoms with Crippen molar-refractivity contribution in [2.75, 3.05) is 10.6 Å². The van der Waals surface area contributed by atoms with Crippen LogP contribution in [0.5, 0.6) is 0 Å². The second kappa shape index (κ2) is 9.53. The summed E-state index contributed by atoms with van der Waals surface area (Å²) in [6, 6.07) is 15.2. The second-order valence-corrected chi connectivity index (χ2v) is 9.92. The van der Waals surface area contributed by atoms with E-state index in [9.17, 15) is 9.59 Å². The van der Waals surface area contributed by atoms with E-state index in [2.05, 4.69) is 24.5 Å². The van der Waals surface area contributed by atoms with Crippen molar-refractivity contribution in [3.63, 3.8) is 0 Å². The number of carbonyl (C=O) groups is 2. The number of benzene rings is 1. The third-order valence-electron chi connectivity index (χ3n) is 6.96. The molecular weight excluding hydrogens is 428 g/mol. The molecule has 0 unspecified atom stereocenters. The highest BCUT2D eigenvalue weighted by molar-refractivity contribution is 5.93. The Morgan fingerprint density at radius 3 is 1.44 bits per heavy atom. The van der Waals surface area contributed by atoms with E-state index in [1.807, 2.05) is 24.3 Å². The molecule has 0 bridgehead atoms. The quantitative estimate of drug-likeness (QED) is 0.374. The molecule has 2 N–H and O–H groups in total. The lowest BCUT2D eigenvalue weighted by molar-refractivity contribution is -0.117. The van der Waals surface area contributed by atoms with Gasteiger partial charge in [-0.2, -0.15) is 0 Å². The Balaban J connectivity index is 1.03. The van der Waals surface area contributed by atoms with E-state index in [1.54, 1.807) is 24.3 Å².